The maximum Gasteiger partial charge on any atom is 0.248 e. The number of hydrogen-bond acceptors (Lipinski definition) is 1. The number of H-pyrrole nitrogens is 1. The van der Waals surface area contributed by atoms with E-state index in [2.05, 4.69) is 10.3 Å². The number of nitrogens with one attached hydrogen (secondary N) is 2. The Balaban J connectivity index is 2.28. The van der Waals surface area contributed by atoms with Crippen molar-refractivity contribution >= 4 is 12.0 Å². The topological polar surface area (TPSA) is 44.9 Å². The van der Waals surface area contributed by atoms with Crippen LogP contribution < -0.4 is 5.32 Å². The van der Waals surface area contributed by atoms with Crippen LogP contribution in [0.15, 0.2) is 29.5 Å². The molecular weight excluding hydrogens is 176 g/mol. The fourth-order valence-corrected chi connectivity index (χ4v) is 1.46. The summed E-state index contributed by atoms with van der Waals surface area (Å²) in [4.78, 5) is 14.2. The number of hydrogen-bond donors (Lipinski definition) is 2. The van der Waals surface area contributed by atoms with Gasteiger partial charge in [0.15, 0.2) is 0 Å². The Labute approximate surface area is 82.5 Å². The van der Waals surface area contributed by atoms with Crippen LogP contribution in [0.2, 0.25) is 0 Å². The van der Waals surface area contributed by atoms with Gasteiger partial charge in [-0.05, 0) is 37.6 Å². The maximum absolute atomic E-state index is 11.0. The first-order chi connectivity index (χ1) is 6.65. The van der Waals surface area contributed by atoms with Crippen molar-refractivity contribution in [2.45, 2.75) is 13.8 Å². The van der Waals surface area contributed by atoms with E-state index in [1.165, 1.54) is 0 Å². The van der Waals surface area contributed by atoms with Crippen LogP contribution in [0.4, 0.5) is 0 Å². The van der Waals surface area contributed by atoms with Gasteiger partial charge in [0, 0.05) is 23.2 Å². The number of allylic oxidation sites excluding steroid dienone is 1. The third-order valence-corrected chi connectivity index (χ3v) is 2.18. The summed E-state index contributed by atoms with van der Waals surface area (Å²) < 4.78 is 0. The molecule has 1 aliphatic heterocycles. The predicted molar refractivity (Wildman–Crippen MR) is 55.4 cm³/mol. The molecule has 1 aliphatic rings. The molecule has 2 rings (SSSR count). The number of aromatic nitrogens is 1. The fourth-order valence-electron chi connectivity index (χ4n) is 1.46. The summed E-state index contributed by atoms with van der Waals surface area (Å²) in [6, 6.07) is 3.99. The van der Waals surface area contributed by atoms with E-state index < -0.39 is 0 Å². The maximum atomic E-state index is 11.0. The van der Waals surface area contributed by atoms with Crippen LogP contribution in [0.1, 0.15) is 18.3 Å². The molecule has 0 fully saturated rings. The van der Waals surface area contributed by atoms with E-state index >= 15 is 0 Å². The number of amides is 1. The summed E-state index contributed by atoms with van der Waals surface area (Å²) in [6.07, 6.45) is 3.53. The molecule has 0 atom stereocenters. The van der Waals surface area contributed by atoms with E-state index in [1.807, 2.05) is 32.1 Å². The van der Waals surface area contributed by atoms with Crippen molar-refractivity contribution in [2.75, 3.05) is 0 Å². The van der Waals surface area contributed by atoms with Gasteiger partial charge in [0.25, 0.3) is 0 Å². The Morgan fingerprint density at radius 2 is 2.07 bits per heavy atom. The first kappa shape index (κ1) is 8.81. The van der Waals surface area contributed by atoms with E-state index in [4.69, 9.17) is 0 Å². The first-order valence-electron chi connectivity index (χ1n) is 4.52. The second-order valence-electron chi connectivity index (χ2n) is 3.47. The van der Waals surface area contributed by atoms with Crippen molar-refractivity contribution in [3.05, 3.63) is 40.9 Å². The average molecular weight is 188 g/mol. The molecule has 3 heteroatoms. The van der Waals surface area contributed by atoms with E-state index in [9.17, 15) is 4.79 Å². The van der Waals surface area contributed by atoms with Gasteiger partial charge in [-0.2, -0.15) is 0 Å². The summed E-state index contributed by atoms with van der Waals surface area (Å²) in [5.41, 5.74) is 3.97. The van der Waals surface area contributed by atoms with Gasteiger partial charge in [0.05, 0.1) is 0 Å². The van der Waals surface area contributed by atoms with E-state index in [0.29, 0.717) is 0 Å². The largest absolute Gasteiger partial charge is 0.359 e. The lowest BCUT2D eigenvalue weighted by Crippen LogP contribution is -2.13. The van der Waals surface area contributed by atoms with Crippen LogP contribution >= 0.6 is 0 Å². The van der Waals surface area contributed by atoms with Crippen molar-refractivity contribution in [2.24, 2.45) is 0 Å². The highest BCUT2D eigenvalue weighted by Crippen LogP contribution is 2.15. The van der Waals surface area contributed by atoms with Crippen LogP contribution in [0, 0.1) is 6.92 Å². The number of aromatic amines is 1. The molecule has 0 spiro atoms. The predicted octanol–water partition coefficient (Wildman–Crippen LogP) is 1.74. The molecule has 0 radical (unpaired) electrons. The number of aryl methyl sites for hydroxylation is 1. The van der Waals surface area contributed by atoms with Crippen LogP contribution in [0.3, 0.4) is 0 Å². The zero-order valence-electron chi connectivity index (χ0n) is 8.22. The van der Waals surface area contributed by atoms with Crippen LogP contribution in [-0.4, -0.2) is 10.9 Å². The fraction of sp³-hybridized carbons (Fsp3) is 0.182. The van der Waals surface area contributed by atoms with Gasteiger partial charge in [-0.3, -0.25) is 4.79 Å². The SMILES string of the molecule is CC1=CC(=O)NC1=Cc1ccc(C)[nH]1. The van der Waals surface area contributed by atoms with E-state index in [1.54, 1.807) is 6.08 Å². The molecule has 0 bridgehead atoms. The second-order valence-corrected chi connectivity index (χ2v) is 3.47. The molecule has 1 aromatic heterocycles. The van der Waals surface area contributed by atoms with Gasteiger partial charge in [0.1, 0.15) is 0 Å². The standard InChI is InChI=1S/C11H12N2O/c1-7-5-11(14)13-10(7)6-9-4-3-8(2)12-9/h3-6,12H,1-2H3,(H,13,14). The minimum atomic E-state index is -0.0444. The highest BCUT2D eigenvalue weighted by atomic mass is 16.1. The van der Waals surface area contributed by atoms with Crippen molar-refractivity contribution in [1.82, 2.24) is 10.3 Å². The highest BCUT2D eigenvalue weighted by Gasteiger charge is 2.12. The molecule has 1 aromatic rings. The zero-order chi connectivity index (χ0) is 10.1. The van der Waals surface area contributed by atoms with Crippen molar-refractivity contribution in [3.8, 4) is 0 Å². The van der Waals surface area contributed by atoms with Crippen LogP contribution in [0.25, 0.3) is 6.08 Å². The normalized spacial score (nSPS) is 18.6. The van der Waals surface area contributed by atoms with Crippen molar-refractivity contribution in [1.29, 1.82) is 0 Å². The lowest BCUT2D eigenvalue weighted by molar-refractivity contribution is -0.115. The summed E-state index contributed by atoms with van der Waals surface area (Å²) in [5, 5.41) is 2.77. The molecule has 0 unspecified atom stereocenters. The molecule has 14 heavy (non-hydrogen) atoms. The molecule has 72 valence electrons. The molecule has 2 heterocycles. The minimum Gasteiger partial charge on any atom is -0.359 e. The zero-order valence-corrected chi connectivity index (χ0v) is 8.22. The van der Waals surface area contributed by atoms with Gasteiger partial charge in [-0.25, -0.2) is 0 Å². The Bertz CT molecular complexity index is 438. The Morgan fingerprint density at radius 3 is 2.57 bits per heavy atom. The van der Waals surface area contributed by atoms with Gasteiger partial charge >= 0.3 is 0 Å². The van der Waals surface area contributed by atoms with Gasteiger partial charge in [-0.15, -0.1) is 0 Å². The van der Waals surface area contributed by atoms with Gasteiger partial charge < -0.3 is 10.3 Å². The number of rotatable bonds is 1. The molecule has 0 saturated heterocycles. The summed E-state index contributed by atoms with van der Waals surface area (Å²) >= 11 is 0. The Kier molecular flexibility index (Phi) is 2.00. The Hall–Kier alpha value is -1.77. The quantitative estimate of drug-likeness (QED) is 0.692. The average Bonchev–Trinajstić information content (AvgIpc) is 2.61. The molecule has 2 N–H and O–H groups in total. The highest BCUT2D eigenvalue weighted by molar-refractivity contribution is 5.95. The molecule has 3 nitrogen and oxygen atoms in total. The van der Waals surface area contributed by atoms with Gasteiger partial charge in [-0.1, -0.05) is 0 Å². The third kappa shape index (κ3) is 1.62. The first-order valence-corrected chi connectivity index (χ1v) is 4.52. The monoisotopic (exact) mass is 188 g/mol. The lowest BCUT2D eigenvalue weighted by atomic mass is 10.2. The molecule has 0 aliphatic carbocycles. The Morgan fingerprint density at radius 1 is 1.29 bits per heavy atom. The lowest BCUT2D eigenvalue weighted by Gasteiger charge is -1.98. The molecule has 0 saturated carbocycles. The number of carbonyl (C=O) groups is 1. The smallest absolute Gasteiger partial charge is 0.248 e. The molecule has 1 amide bonds. The third-order valence-electron chi connectivity index (χ3n) is 2.18. The number of carbonyl (C=O) groups excluding carboxylic acids is 1. The van der Waals surface area contributed by atoms with E-state index in [-0.39, 0.29) is 5.91 Å². The second kappa shape index (κ2) is 3.18. The van der Waals surface area contributed by atoms with Crippen molar-refractivity contribution < 1.29 is 4.79 Å². The van der Waals surface area contributed by atoms with Crippen LogP contribution in [0.5, 0.6) is 0 Å². The van der Waals surface area contributed by atoms with Crippen molar-refractivity contribution in [3.63, 3.8) is 0 Å². The summed E-state index contributed by atoms with van der Waals surface area (Å²) in [6.45, 7) is 3.91. The summed E-state index contributed by atoms with van der Waals surface area (Å²) in [7, 11) is 0. The van der Waals surface area contributed by atoms with Crippen LogP contribution in [-0.2, 0) is 4.79 Å². The van der Waals surface area contributed by atoms with E-state index in [0.717, 1.165) is 22.7 Å². The van der Waals surface area contributed by atoms with Gasteiger partial charge in [0.2, 0.25) is 5.91 Å². The molecular formula is C11H12N2O. The molecule has 0 aromatic carbocycles. The minimum absolute atomic E-state index is 0.0444. The summed E-state index contributed by atoms with van der Waals surface area (Å²) in [5.74, 6) is -0.0444.